The highest BCUT2D eigenvalue weighted by Gasteiger charge is 2.12. The van der Waals surface area contributed by atoms with E-state index in [0.717, 1.165) is 11.3 Å². The van der Waals surface area contributed by atoms with Gasteiger partial charge in [0.1, 0.15) is 5.69 Å². The second kappa shape index (κ2) is 8.11. The van der Waals surface area contributed by atoms with Gasteiger partial charge in [-0.2, -0.15) is 0 Å². The van der Waals surface area contributed by atoms with Crippen molar-refractivity contribution in [3.63, 3.8) is 0 Å². The Labute approximate surface area is 147 Å². The van der Waals surface area contributed by atoms with Gasteiger partial charge in [0, 0.05) is 18.4 Å². The van der Waals surface area contributed by atoms with E-state index in [0.29, 0.717) is 12.2 Å². The van der Waals surface area contributed by atoms with Gasteiger partial charge < -0.3 is 10.6 Å². The SMILES string of the molecule is CC(NC(=O)c1cc(NCc2ccccc2)ccn1)c1ccccc1. The first kappa shape index (κ1) is 16.7. The Kier molecular flexibility index (Phi) is 5.42. The summed E-state index contributed by atoms with van der Waals surface area (Å²) in [5, 5.41) is 6.31. The molecule has 2 aromatic carbocycles. The van der Waals surface area contributed by atoms with Crippen LogP contribution in [0.4, 0.5) is 5.69 Å². The van der Waals surface area contributed by atoms with Gasteiger partial charge in [0.2, 0.25) is 0 Å². The number of rotatable bonds is 6. The van der Waals surface area contributed by atoms with Gasteiger partial charge in [0.25, 0.3) is 5.91 Å². The van der Waals surface area contributed by atoms with Crippen LogP contribution in [0.5, 0.6) is 0 Å². The molecule has 0 aliphatic rings. The number of aromatic nitrogens is 1. The topological polar surface area (TPSA) is 54.0 Å². The van der Waals surface area contributed by atoms with Crippen LogP contribution in [-0.2, 0) is 6.54 Å². The molecule has 0 aliphatic carbocycles. The largest absolute Gasteiger partial charge is 0.381 e. The van der Waals surface area contributed by atoms with Crippen LogP contribution in [-0.4, -0.2) is 10.9 Å². The number of carbonyl (C=O) groups is 1. The number of anilines is 1. The summed E-state index contributed by atoms with van der Waals surface area (Å²) in [5.41, 5.74) is 3.52. The third kappa shape index (κ3) is 4.67. The molecular weight excluding hydrogens is 310 g/mol. The normalized spacial score (nSPS) is 11.6. The molecule has 4 heteroatoms. The van der Waals surface area contributed by atoms with E-state index in [1.807, 2.05) is 61.5 Å². The fraction of sp³-hybridized carbons (Fsp3) is 0.143. The maximum Gasteiger partial charge on any atom is 0.270 e. The van der Waals surface area contributed by atoms with Crippen molar-refractivity contribution in [2.24, 2.45) is 0 Å². The van der Waals surface area contributed by atoms with Crippen LogP contribution < -0.4 is 10.6 Å². The molecule has 3 rings (SSSR count). The third-order valence-electron chi connectivity index (χ3n) is 3.98. The Hall–Kier alpha value is -3.14. The summed E-state index contributed by atoms with van der Waals surface area (Å²) >= 11 is 0. The summed E-state index contributed by atoms with van der Waals surface area (Å²) in [5.74, 6) is -0.181. The van der Waals surface area contributed by atoms with Crippen LogP contribution in [0.15, 0.2) is 79.0 Å². The maximum atomic E-state index is 12.5. The summed E-state index contributed by atoms with van der Waals surface area (Å²) in [6, 6.07) is 23.6. The number of hydrogen-bond acceptors (Lipinski definition) is 3. The van der Waals surface area contributed by atoms with Crippen LogP contribution in [0.2, 0.25) is 0 Å². The van der Waals surface area contributed by atoms with E-state index in [4.69, 9.17) is 0 Å². The molecule has 0 fully saturated rings. The van der Waals surface area contributed by atoms with Crippen molar-refractivity contribution in [2.45, 2.75) is 19.5 Å². The van der Waals surface area contributed by atoms with Gasteiger partial charge in [-0.05, 0) is 30.2 Å². The molecular formula is C21H21N3O. The predicted molar refractivity (Wildman–Crippen MR) is 100 cm³/mol. The zero-order chi connectivity index (χ0) is 17.5. The second-order valence-corrected chi connectivity index (χ2v) is 5.87. The molecule has 1 aromatic heterocycles. The predicted octanol–water partition coefficient (Wildman–Crippen LogP) is 4.18. The summed E-state index contributed by atoms with van der Waals surface area (Å²) in [6.45, 7) is 2.66. The number of carbonyl (C=O) groups excluding carboxylic acids is 1. The lowest BCUT2D eigenvalue weighted by Gasteiger charge is -2.14. The van der Waals surface area contributed by atoms with Crippen molar-refractivity contribution in [2.75, 3.05) is 5.32 Å². The highest BCUT2D eigenvalue weighted by atomic mass is 16.1. The number of hydrogen-bond donors (Lipinski definition) is 2. The molecule has 0 bridgehead atoms. The van der Waals surface area contributed by atoms with Crippen molar-refractivity contribution < 1.29 is 4.79 Å². The monoisotopic (exact) mass is 331 g/mol. The summed E-state index contributed by atoms with van der Waals surface area (Å²) in [7, 11) is 0. The van der Waals surface area contributed by atoms with Crippen molar-refractivity contribution in [3.05, 3.63) is 95.8 Å². The Balaban J connectivity index is 1.63. The molecule has 2 N–H and O–H groups in total. The highest BCUT2D eigenvalue weighted by Crippen LogP contribution is 2.14. The van der Waals surface area contributed by atoms with Gasteiger partial charge in [-0.25, -0.2) is 0 Å². The van der Waals surface area contributed by atoms with Crippen molar-refractivity contribution in [1.29, 1.82) is 0 Å². The van der Waals surface area contributed by atoms with Gasteiger partial charge >= 0.3 is 0 Å². The lowest BCUT2D eigenvalue weighted by Crippen LogP contribution is -2.27. The van der Waals surface area contributed by atoms with Crippen molar-refractivity contribution in [1.82, 2.24) is 10.3 Å². The first-order chi connectivity index (χ1) is 12.2. The minimum absolute atomic E-state index is 0.0727. The van der Waals surface area contributed by atoms with Crippen LogP contribution in [0.1, 0.15) is 34.6 Å². The fourth-order valence-electron chi connectivity index (χ4n) is 2.56. The maximum absolute atomic E-state index is 12.5. The minimum Gasteiger partial charge on any atom is -0.381 e. The molecule has 0 spiro atoms. The first-order valence-electron chi connectivity index (χ1n) is 8.32. The smallest absolute Gasteiger partial charge is 0.270 e. The standard InChI is InChI=1S/C21H21N3O/c1-16(18-10-6-3-7-11-18)24-21(25)20-14-19(12-13-22-20)23-15-17-8-4-2-5-9-17/h2-14,16H,15H2,1H3,(H,22,23)(H,24,25). The molecule has 1 atom stereocenters. The zero-order valence-electron chi connectivity index (χ0n) is 14.1. The number of nitrogens with zero attached hydrogens (tertiary/aromatic N) is 1. The van der Waals surface area contributed by atoms with Crippen LogP contribution >= 0.6 is 0 Å². The molecule has 1 amide bonds. The van der Waals surface area contributed by atoms with E-state index >= 15 is 0 Å². The Bertz CT molecular complexity index is 819. The van der Waals surface area contributed by atoms with Crippen molar-refractivity contribution in [3.8, 4) is 0 Å². The molecule has 3 aromatic rings. The van der Waals surface area contributed by atoms with E-state index < -0.39 is 0 Å². The molecule has 0 saturated carbocycles. The number of pyridine rings is 1. The average Bonchev–Trinajstić information content (AvgIpc) is 2.68. The first-order valence-corrected chi connectivity index (χ1v) is 8.32. The van der Waals surface area contributed by atoms with E-state index in [9.17, 15) is 4.79 Å². The lowest BCUT2D eigenvalue weighted by atomic mass is 10.1. The number of nitrogens with one attached hydrogen (secondary N) is 2. The van der Waals surface area contributed by atoms with E-state index in [1.165, 1.54) is 5.56 Å². The van der Waals surface area contributed by atoms with Crippen LogP contribution in [0.25, 0.3) is 0 Å². The highest BCUT2D eigenvalue weighted by molar-refractivity contribution is 5.93. The van der Waals surface area contributed by atoms with E-state index in [2.05, 4.69) is 27.8 Å². The summed E-state index contributed by atoms with van der Waals surface area (Å²) in [6.07, 6.45) is 1.65. The van der Waals surface area contributed by atoms with Crippen LogP contribution in [0.3, 0.4) is 0 Å². The summed E-state index contributed by atoms with van der Waals surface area (Å²) < 4.78 is 0. The quantitative estimate of drug-likeness (QED) is 0.712. The Morgan fingerprint density at radius 3 is 2.40 bits per heavy atom. The lowest BCUT2D eigenvalue weighted by molar-refractivity contribution is 0.0935. The summed E-state index contributed by atoms with van der Waals surface area (Å²) in [4.78, 5) is 16.6. The van der Waals surface area contributed by atoms with E-state index in [1.54, 1.807) is 12.3 Å². The molecule has 0 aliphatic heterocycles. The van der Waals surface area contributed by atoms with Gasteiger partial charge in [0.15, 0.2) is 0 Å². The molecule has 0 radical (unpaired) electrons. The second-order valence-electron chi connectivity index (χ2n) is 5.87. The van der Waals surface area contributed by atoms with E-state index in [-0.39, 0.29) is 11.9 Å². The Morgan fingerprint density at radius 2 is 1.68 bits per heavy atom. The third-order valence-corrected chi connectivity index (χ3v) is 3.98. The minimum atomic E-state index is -0.181. The number of benzene rings is 2. The van der Waals surface area contributed by atoms with Crippen LogP contribution in [0, 0.1) is 0 Å². The van der Waals surface area contributed by atoms with Gasteiger partial charge in [-0.1, -0.05) is 60.7 Å². The molecule has 126 valence electrons. The molecule has 4 nitrogen and oxygen atoms in total. The Morgan fingerprint density at radius 1 is 1.00 bits per heavy atom. The molecule has 1 heterocycles. The molecule has 25 heavy (non-hydrogen) atoms. The average molecular weight is 331 g/mol. The molecule has 1 unspecified atom stereocenters. The number of amides is 1. The molecule has 0 saturated heterocycles. The fourth-order valence-corrected chi connectivity index (χ4v) is 2.56. The van der Waals surface area contributed by atoms with Gasteiger partial charge in [0.05, 0.1) is 6.04 Å². The van der Waals surface area contributed by atoms with Gasteiger partial charge in [-0.3, -0.25) is 9.78 Å². The van der Waals surface area contributed by atoms with Crippen molar-refractivity contribution >= 4 is 11.6 Å². The zero-order valence-corrected chi connectivity index (χ0v) is 14.1. The van der Waals surface area contributed by atoms with Gasteiger partial charge in [-0.15, -0.1) is 0 Å².